The first-order valence-corrected chi connectivity index (χ1v) is 8.73. The van der Waals surface area contributed by atoms with Crippen molar-refractivity contribution in [2.24, 2.45) is 0 Å². The van der Waals surface area contributed by atoms with Crippen molar-refractivity contribution in [2.45, 2.75) is 11.7 Å². The van der Waals surface area contributed by atoms with Gasteiger partial charge in [-0.15, -0.1) is 0 Å². The van der Waals surface area contributed by atoms with Crippen molar-refractivity contribution in [3.05, 3.63) is 42.2 Å². The minimum absolute atomic E-state index is 0.113. The first-order chi connectivity index (χ1) is 9.97. The Bertz CT molecular complexity index is 796. The maximum Gasteiger partial charge on any atom is 0.254 e. The van der Waals surface area contributed by atoms with Gasteiger partial charge >= 0.3 is 0 Å². The molecule has 1 aliphatic rings. The molecule has 6 heteroatoms. The Balaban J connectivity index is 1.92. The zero-order chi connectivity index (χ0) is 15.0. The lowest BCUT2D eigenvalue weighted by atomic mass is 10.1. The summed E-state index contributed by atoms with van der Waals surface area (Å²) in [5.74, 6) is -0.113. The summed E-state index contributed by atoms with van der Waals surface area (Å²) in [5.41, 5.74) is 0.601. The Hall–Kier alpha value is -1.95. The molecule has 0 bridgehead atoms. The number of amides is 1. The van der Waals surface area contributed by atoms with Crippen LogP contribution in [0.2, 0.25) is 0 Å². The van der Waals surface area contributed by atoms with Crippen molar-refractivity contribution in [1.82, 2.24) is 9.88 Å². The lowest BCUT2D eigenvalue weighted by Crippen LogP contribution is -2.31. The number of rotatable bonds is 2. The number of hydrogen-bond donors (Lipinski definition) is 0. The lowest BCUT2D eigenvalue weighted by Gasteiger charge is -2.17. The van der Waals surface area contributed by atoms with Crippen LogP contribution in [0.25, 0.3) is 10.8 Å². The quantitative estimate of drug-likeness (QED) is 0.843. The standard InChI is InChI=1S/C15H16N2O3S/c1-21(19,20)12-6-8-17(10-12)15(18)14-4-2-3-11-9-16-7-5-13(11)14/h2-5,7,9,12H,6,8,10H2,1H3. The number of carbonyl (C=O) groups is 1. The molecule has 2 aromatic rings. The maximum absolute atomic E-state index is 12.6. The number of hydrogen-bond acceptors (Lipinski definition) is 4. The SMILES string of the molecule is CS(=O)(=O)C1CCN(C(=O)c2cccc3cnccc23)C1. The number of sulfone groups is 1. The Morgan fingerprint density at radius 1 is 1.33 bits per heavy atom. The number of nitrogens with zero attached hydrogens (tertiary/aromatic N) is 2. The van der Waals surface area contributed by atoms with Crippen LogP contribution in [0.4, 0.5) is 0 Å². The third-order valence-electron chi connectivity index (χ3n) is 3.95. The molecule has 1 unspecified atom stereocenters. The highest BCUT2D eigenvalue weighted by Gasteiger charge is 2.33. The third-order valence-corrected chi connectivity index (χ3v) is 5.54. The van der Waals surface area contributed by atoms with Crippen LogP contribution in [-0.2, 0) is 9.84 Å². The van der Waals surface area contributed by atoms with Gasteiger partial charge in [0.05, 0.1) is 5.25 Å². The van der Waals surface area contributed by atoms with E-state index in [1.807, 2.05) is 18.2 Å². The topological polar surface area (TPSA) is 67.3 Å². The Morgan fingerprint density at radius 3 is 2.86 bits per heavy atom. The van der Waals surface area contributed by atoms with Crippen LogP contribution in [0.5, 0.6) is 0 Å². The predicted octanol–water partition coefficient (Wildman–Crippen LogP) is 1.49. The van der Waals surface area contributed by atoms with E-state index in [-0.39, 0.29) is 12.5 Å². The van der Waals surface area contributed by atoms with Gasteiger partial charge in [0, 0.05) is 42.7 Å². The summed E-state index contributed by atoms with van der Waals surface area (Å²) < 4.78 is 23.2. The molecule has 0 aliphatic carbocycles. The second-order valence-electron chi connectivity index (χ2n) is 5.39. The van der Waals surface area contributed by atoms with Crippen molar-refractivity contribution in [2.75, 3.05) is 19.3 Å². The van der Waals surface area contributed by atoms with E-state index < -0.39 is 15.1 Å². The van der Waals surface area contributed by atoms with Crippen LogP contribution in [0.15, 0.2) is 36.7 Å². The molecule has 1 amide bonds. The Kier molecular flexibility index (Phi) is 3.41. The van der Waals surface area contributed by atoms with Crippen molar-refractivity contribution in [3.63, 3.8) is 0 Å². The molecule has 5 nitrogen and oxygen atoms in total. The summed E-state index contributed by atoms with van der Waals surface area (Å²) in [7, 11) is -3.10. The van der Waals surface area contributed by atoms with Crippen LogP contribution in [0, 0.1) is 0 Å². The van der Waals surface area contributed by atoms with Crippen molar-refractivity contribution < 1.29 is 13.2 Å². The van der Waals surface area contributed by atoms with Gasteiger partial charge in [-0.2, -0.15) is 0 Å². The van der Waals surface area contributed by atoms with Crippen molar-refractivity contribution in [3.8, 4) is 0 Å². The first-order valence-electron chi connectivity index (χ1n) is 6.78. The molecule has 0 N–H and O–H groups in total. The van der Waals surface area contributed by atoms with E-state index in [0.29, 0.717) is 18.5 Å². The van der Waals surface area contributed by atoms with Gasteiger partial charge in [0.25, 0.3) is 5.91 Å². The van der Waals surface area contributed by atoms with Crippen LogP contribution in [-0.4, -0.2) is 48.8 Å². The fourth-order valence-corrected chi connectivity index (χ4v) is 3.73. The molecule has 1 atom stereocenters. The molecule has 2 heterocycles. The van der Waals surface area contributed by atoms with Gasteiger partial charge in [0.15, 0.2) is 9.84 Å². The average Bonchev–Trinajstić information content (AvgIpc) is 2.96. The maximum atomic E-state index is 12.6. The molecule has 3 rings (SSSR count). The monoisotopic (exact) mass is 304 g/mol. The summed E-state index contributed by atoms with van der Waals surface area (Å²) in [4.78, 5) is 18.3. The van der Waals surface area contributed by atoms with E-state index in [4.69, 9.17) is 0 Å². The summed E-state index contributed by atoms with van der Waals surface area (Å²) in [6.07, 6.45) is 5.12. The Morgan fingerprint density at radius 2 is 2.14 bits per heavy atom. The van der Waals surface area contributed by atoms with Crippen LogP contribution >= 0.6 is 0 Å². The average molecular weight is 304 g/mol. The summed E-state index contributed by atoms with van der Waals surface area (Å²) in [6.45, 7) is 0.761. The van der Waals surface area contributed by atoms with Crippen LogP contribution < -0.4 is 0 Å². The summed E-state index contributed by atoms with van der Waals surface area (Å²) in [5, 5.41) is 1.31. The highest BCUT2D eigenvalue weighted by Crippen LogP contribution is 2.23. The van der Waals surface area contributed by atoms with Gasteiger partial charge in [-0.1, -0.05) is 12.1 Å². The number of aromatic nitrogens is 1. The Labute approximate surface area is 123 Å². The highest BCUT2D eigenvalue weighted by molar-refractivity contribution is 7.91. The van der Waals surface area contributed by atoms with Crippen LogP contribution in [0.1, 0.15) is 16.8 Å². The largest absolute Gasteiger partial charge is 0.337 e. The minimum atomic E-state index is -3.10. The summed E-state index contributed by atoms with van der Waals surface area (Å²) >= 11 is 0. The predicted molar refractivity (Wildman–Crippen MR) is 80.9 cm³/mol. The second-order valence-corrected chi connectivity index (χ2v) is 7.72. The van der Waals surface area contributed by atoms with E-state index in [9.17, 15) is 13.2 Å². The fraction of sp³-hybridized carbons (Fsp3) is 0.333. The molecule has 1 aromatic heterocycles. The zero-order valence-electron chi connectivity index (χ0n) is 11.7. The normalized spacial score (nSPS) is 19.1. The molecule has 21 heavy (non-hydrogen) atoms. The van der Waals surface area contributed by atoms with Gasteiger partial charge in [0.2, 0.25) is 0 Å². The zero-order valence-corrected chi connectivity index (χ0v) is 12.5. The highest BCUT2D eigenvalue weighted by atomic mass is 32.2. The molecule has 1 fully saturated rings. The fourth-order valence-electron chi connectivity index (χ4n) is 2.74. The lowest BCUT2D eigenvalue weighted by molar-refractivity contribution is 0.0795. The van der Waals surface area contributed by atoms with E-state index in [0.717, 1.165) is 10.8 Å². The molecular weight excluding hydrogens is 288 g/mol. The molecule has 0 spiro atoms. The molecule has 1 aromatic carbocycles. The van der Waals surface area contributed by atoms with Crippen molar-refractivity contribution in [1.29, 1.82) is 0 Å². The summed E-state index contributed by atoms with van der Waals surface area (Å²) in [6, 6.07) is 7.31. The number of pyridine rings is 1. The van der Waals surface area contributed by atoms with Crippen LogP contribution in [0.3, 0.4) is 0 Å². The van der Waals surface area contributed by atoms with Crippen molar-refractivity contribution >= 4 is 26.5 Å². The van der Waals surface area contributed by atoms with Gasteiger partial charge < -0.3 is 4.90 Å². The van der Waals surface area contributed by atoms with E-state index in [1.54, 1.807) is 23.4 Å². The molecule has 1 aliphatic heterocycles. The van der Waals surface area contributed by atoms with Gasteiger partial charge in [-0.05, 0) is 23.9 Å². The molecule has 1 saturated heterocycles. The second kappa shape index (κ2) is 5.11. The number of carbonyl (C=O) groups excluding carboxylic acids is 1. The third kappa shape index (κ3) is 2.63. The van der Waals surface area contributed by atoms with E-state index >= 15 is 0 Å². The van der Waals surface area contributed by atoms with Gasteiger partial charge in [-0.25, -0.2) is 8.42 Å². The first kappa shape index (κ1) is 14.0. The minimum Gasteiger partial charge on any atom is -0.337 e. The smallest absolute Gasteiger partial charge is 0.254 e. The number of fused-ring (bicyclic) bond motifs is 1. The van der Waals surface area contributed by atoms with Gasteiger partial charge in [-0.3, -0.25) is 9.78 Å². The molecule has 110 valence electrons. The molecule has 0 radical (unpaired) electrons. The molecular formula is C15H16N2O3S. The van der Waals surface area contributed by atoms with E-state index in [1.165, 1.54) is 6.26 Å². The van der Waals surface area contributed by atoms with E-state index in [2.05, 4.69) is 4.98 Å². The number of benzene rings is 1. The molecule has 0 saturated carbocycles. The number of likely N-dealkylation sites (tertiary alicyclic amines) is 1. The van der Waals surface area contributed by atoms with Gasteiger partial charge in [0.1, 0.15) is 0 Å².